The fourth-order valence-corrected chi connectivity index (χ4v) is 1.99. The van der Waals surface area contributed by atoms with Crippen molar-refractivity contribution in [2.45, 2.75) is 19.6 Å². The summed E-state index contributed by atoms with van der Waals surface area (Å²) >= 11 is 0. The van der Waals surface area contributed by atoms with Crippen LogP contribution < -0.4 is 4.74 Å². The number of likely N-dealkylation sites (N-methyl/N-ethyl adjacent to an activating group) is 1. The summed E-state index contributed by atoms with van der Waals surface area (Å²) in [4.78, 5) is 2.06. The number of benzene rings is 1. The maximum atomic E-state index is 9.68. The lowest BCUT2D eigenvalue weighted by molar-refractivity contribution is 0.0417. The van der Waals surface area contributed by atoms with Crippen LogP contribution in [0.25, 0.3) is 0 Å². The van der Waals surface area contributed by atoms with Crippen molar-refractivity contribution < 1.29 is 14.6 Å². The summed E-state index contributed by atoms with van der Waals surface area (Å²) in [5, 5.41) is 9.68. The number of methoxy groups -OCH3 is 2. The molecule has 0 bridgehead atoms. The molecule has 0 aliphatic carbocycles. The Morgan fingerprint density at radius 3 is 2.67 bits per heavy atom. The highest BCUT2D eigenvalue weighted by atomic mass is 16.5. The average Bonchev–Trinajstić information content (AvgIpc) is 2.29. The number of aryl methyl sites for hydroxylation is 1. The van der Waals surface area contributed by atoms with Gasteiger partial charge in [0.25, 0.3) is 0 Å². The van der Waals surface area contributed by atoms with Gasteiger partial charge in [0.1, 0.15) is 5.75 Å². The van der Waals surface area contributed by atoms with Crippen LogP contribution in [0.4, 0.5) is 0 Å². The van der Waals surface area contributed by atoms with Gasteiger partial charge in [0.2, 0.25) is 0 Å². The van der Waals surface area contributed by atoms with E-state index >= 15 is 0 Å². The van der Waals surface area contributed by atoms with E-state index in [0.717, 1.165) is 17.9 Å². The van der Waals surface area contributed by atoms with E-state index in [2.05, 4.69) is 17.9 Å². The molecular weight excluding hydrogens is 230 g/mol. The lowest BCUT2D eigenvalue weighted by atomic mass is 10.1. The first-order chi connectivity index (χ1) is 8.56. The van der Waals surface area contributed by atoms with Crippen molar-refractivity contribution in [3.63, 3.8) is 0 Å². The Balaban J connectivity index is 2.63. The highest BCUT2D eigenvalue weighted by Gasteiger charge is 2.11. The summed E-state index contributed by atoms with van der Waals surface area (Å²) in [7, 11) is 5.24. The Morgan fingerprint density at radius 1 is 1.33 bits per heavy atom. The quantitative estimate of drug-likeness (QED) is 0.798. The minimum absolute atomic E-state index is 0.356. The summed E-state index contributed by atoms with van der Waals surface area (Å²) in [5.74, 6) is 0.883. The summed E-state index contributed by atoms with van der Waals surface area (Å²) < 4.78 is 10.3. The van der Waals surface area contributed by atoms with Gasteiger partial charge in [-0.05, 0) is 20.0 Å². The first kappa shape index (κ1) is 15.0. The topological polar surface area (TPSA) is 41.9 Å². The Hall–Kier alpha value is -1.10. The summed E-state index contributed by atoms with van der Waals surface area (Å²) in [6, 6.07) is 6.12. The van der Waals surface area contributed by atoms with Crippen LogP contribution in [0.1, 0.15) is 11.1 Å². The van der Waals surface area contributed by atoms with Crippen molar-refractivity contribution in [1.29, 1.82) is 0 Å². The molecule has 0 aromatic heterocycles. The average molecular weight is 253 g/mol. The maximum Gasteiger partial charge on any atom is 0.123 e. The van der Waals surface area contributed by atoms with Crippen LogP contribution in [0.2, 0.25) is 0 Å². The number of ether oxygens (including phenoxy) is 2. The fourth-order valence-electron chi connectivity index (χ4n) is 1.99. The third-order valence-electron chi connectivity index (χ3n) is 2.76. The van der Waals surface area contributed by atoms with Gasteiger partial charge in [-0.25, -0.2) is 0 Å². The summed E-state index contributed by atoms with van der Waals surface area (Å²) in [6.45, 7) is 3.73. The van der Waals surface area contributed by atoms with Crippen LogP contribution in [-0.2, 0) is 11.3 Å². The van der Waals surface area contributed by atoms with Gasteiger partial charge in [0.05, 0.1) is 19.8 Å². The Bertz CT molecular complexity index is 368. The Kier molecular flexibility index (Phi) is 6.12. The van der Waals surface area contributed by atoms with E-state index in [1.807, 2.05) is 19.2 Å². The van der Waals surface area contributed by atoms with Gasteiger partial charge in [-0.15, -0.1) is 0 Å². The molecule has 0 spiro atoms. The third kappa shape index (κ3) is 4.64. The number of rotatable bonds is 7. The van der Waals surface area contributed by atoms with Gasteiger partial charge in [-0.1, -0.05) is 17.7 Å². The molecule has 0 fully saturated rings. The third-order valence-corrected chi connectivity index (χ3v) is 2.76. The standard InChI is InChI=1S/C14H23NO3/c1-11-5-6-14(18-4)12(7-11)8-15(2)9-13(16)10-17-3/h5-7,13,16H,8-10H2,1-4H3. The van der Waals surface area contributed by atoms with E-state index in [-0.39, 0.29) is 0 Å². The van der Waals surface area contributed by atoms with Gasteiger partial charge in [0, 0.05) is 25.8 Å². The van der Waals surface area contributed by atoms with Crippen molar-refractivity contribution in [2.24, 2.45) is 0 Å². The number of hydrogen-bond acceptors (Lipinski definition) is 4. The van der Waals surface area contributed by atoms with Gasteiger partial charge in [0.15, 0.2) is 0 Å². The van der Waals surface area contributed by atoms with Gasteiger partial charge >= 0.3 is 0 Å². The predicted octanol–water partition coefficient (Wildman–Crippen LogP) is 1.44. The van der Waals surface area contributed by atoms with E-state index in [4.69, 9.17) is 9.47 Å². The number of nitrogens with zero attached hydrogens (tertiary/aromatic N) is 1. The van der Waals surface area contributed by atoms with Crippen molar-refractivity contribution >= 4 is 0 Å². The summed E-state index contributed by atoms with van der Waals surface area (Å²) in [6.07, 6.45) is -0.462. The SMILES string of the molecule is COCC(O)CN(C)Cc1cc(C)ccc1OC. The number of aliphatic hydroxyl groups excluding tert-OH is 1. The second kappa shape index (κ2) is 7.36. The van der Waals surface area contributed by atoms with Gasteiger partial charge in [-0.3, -0.25) is 4.90 Å². The highest BCUT2D eigenvalue weighted by Crippen LogP contribution is 2.20. The molecule has 0 amide bonds. The zero-order chi connectivity index (χ0) is 13.5. The number of aliphatic hydroxyl groups is 1. The normalized spacial score (nSPS) is 12.8. The number of hydrogen-bond donors (Lipinski definition) is 1. The van der Waals surface area contributed by atoms with E-state index in [1.165, 1.54) is 5.56 Å². The van der Waals surface area contributed by atoms with E-state index in [9.17, 15) is 5.11 Å². The molecule has 1 aromatic rings. The predicted molar refractivity (Wildman–Crippen MR) is 71.9 cm³/mol. The second-order valence-corrected chi connectivity index (χ2v) is 4.62. The largest absolute Gasteiger partial charge is 0.496 e. The fraction of sp³-hybridized carbons (Fsp3) is 0.571. The van der Waals surface area contributed by atoms with Crippen LogP contribution in [-0.4, -0.2) is 50.5 Å². The molecule has 0 aliphatic rings. The molecule has 0 heterocycles. The molecule has 0 saturated heterocycles. The van der Waals surface area contributed by atoms with E-state index in [1.54, 1.807) is 14.2 Å². The zero-order valence-corrected chi connectivity index (χ0v) is 11.6. The second-order valence-electron chi connectivity index (χ2n) is 4.62. The van der Waals surface area contributed by atoms with E-state index in [0.29, 0.717) is 13.2 Å². The molecule has 4 heteroatoms. The van der Waals surface area contributed by atoms with E-state index < -0.39 is 6.10 Å². The maximum absolute atomic E-state index is 9.68. The molecule has 1 unspecified atom stereocenters. The van der Waals surface area contributed by atoms with Crippen LogP contribution in [0.15, 0.2) is 18.2 Å². The van der Waals surface area contributed by atoms with Crippen molar-refractivity contribution in [3.8, 4) is 5.75 Å². The highest BCUT2D eigenvalue weighted by molar-refractivity contribution is 5.36. The lowest BCUT2D eigenvalue weighted by Crippen LogP contribution is -2.31. The molecule has 1 rings (SSSR count). The molecular formula is C14H23NO3. The van der Waals surface area contributed by atoms with Crippen molar-refractivity contribution in [3.05, 3.63) is 29.3 Å². The minimum Gasteiger partial charge on any atom is -0.496 e. The smallest absolute Gasteiger partial charge is 0.123 e. The first-order valence-electron chi connectivity index (χ1n) is 6.06. The minimum atomic E-state index is -0.462. The van der Waals surface area contributed by atoms with Crippen LogP contribution >= 0.6 is 0 Å². The Morgan fingerprint density at radius 2 is 2.06 bits per heavy atom. The van der Waals surface area contributed by atoms with Gasteiger partial charge < -0.3 is 14.6 Å². The molecule has 1 N–H and O–H groups in total. The van der Waals surface area contributed by atoms with Crippen LogP contribution in [0.3, 0.4) is 0 Å². The lowest BCUT2D eigenvalue weighted by Gasteiger charge is -2.21. The van der Waals surface area contributed by atoms with Crippen LogP contribution in [0, 0.1) is 6.92 Å². The molecule has 1 aromatic carbocycles. The monoisotopic (exact) mass is 253 g/mol. The Labute approximate surface area is 109 Å². The first-order valence-corrected chi connectivity index (χ1v) is 6.06. The molecule has 4 nitrogen and oxygen atoms in total. The molecule has 0 saturated carbocycles. The molecule has 102 valence electrons. The molecule has 18 heavy (non-hydrogen) atoms. The molecule has 1 atom stereocenters. The summed E-state index contributed by atoms with van der Waals surface area (Å²) in [5.41, 5.74) is 2.33. The molecule has 0 aliphatic heterocycles. The zero-order valence-electron chi connectivity index (χ0n) is 11.6. The van der Waals surface area contributed by atoms with Crippen molar-refractivity contribution in [1.82, 2.24) is 4.90 Å². The van der Waals surface area contributed by atoms with Crippen molar-refractivity contribution in [2.75, 3.05) is 34.4 Å². The van der Waals surface area contributed by atoms with Gasteiger partial charge in [-0.2, -0.15) is 0 Å². The van der Waals surface area contributed by atoms with Crippen LogP contribution in [0.5, 0.6) is 5.75 Å². The molecule has 0 radical (unpaired) electrons.